The Bertz CT molecular complexity index is 1200. The monoisotopic (exact) mass is 516 g/mol. The van der Waals surface area contributed by atoms with Gasteiger partial charge < -0.3 is 29.3 Å². The smallest absolute Gasteiger partial charge is 0.857 e. The van der Waals surface area contributed by atoms with E-state index in [9.17, 15) is 20.4 Å². The molecule has 0 aliphatic heterocycles. The zero-order chi connectivity index (χ0) is 24.2. The Labute approximate surface area is 209 Å². The second-order valence-electron chi connectivity index (χ2n) is 6.36. The molecular weight excluding hydrogens is 499 g/mol. The third-order valence-corrected chi connectivity index (χ3v) is 4.02. The summed E-state index contributed by atoms with van der Waals surface area (Å²) in [6.07, 6.45) is 5.62. The van der Waals surface area contributed by atoms with Gasteiger partial charge in [0.25, 0.3) is 0 Å². The first-order valence-corrected chi connectivity index (χ1v) is 9.74. The van der Waals surface area contributed by atoms with Gasteiger partial charge in [-0.2, -0.15) is 20.4 Å². The molecule has 2 aromatic heterocycles. The topological polar surface area (TPSA) is 162 Å². The van der Waals surface area contributed by atoms with Crippen molar-refractivity contribution in [2.45, 2.75) is 0 Å². The van der Waals surface area contributed by atoms with E-state index in [-0.39, 0.29) is 39.1 Å². The molecule has 180 valence electrons. The molecule has 4 aromatic rings. The van der Waals surface area contributed by atoms with Gasteiger partial charge in [-0.25, -0.2) is 0 Å². The van der Waals surface area contributed by atoms with Gasteiger partial charge in [0.1, 0.15) is 23.0 Å². The molecule has 0 radical (unpaired) electrons. The van der Waals surface area contributed by atoms with Crippen LogP contribution in [0.5, 0.6) is 11.5 Å². The molecule has 0 saturated heterocycles. The molecule has 2 aromatic carbocycles. The molecule has 4 rings (SSSR count). The number of nitrogens with zero attached hydrogens (tertiary/aromatic N) is 4. The van der Waals surface area contributed by atoms with Crippen LogP contribution in [0.25, 0.3) is 0 Å². The maximum Gasteiger partial charge on any atom is 2.00 e. The molecule has 0 saturated carbocycles. The SMILES string of the molecule is [Ni+2].[O-]/C(=N\N=C/c1ccco1)c1ccccc1O.[O-]/C(=N\N=C/c1ccco1)c1ccccc1O. The van der Waals surface area contributed by atoms with Crippen molar-refractivity contribution in [2.75, 3.05) is 0 Å². The van der Waals surface area contributed by atoms with Crippen molar-refractivity contribution >= 4 is 24.2 Å². The Morgan fingerprint density at radius 1 is 0.629 bits per heavy atom. The number of phenols is 2. The molecule has 0 fully saturated rings. The van der Waals surface area contributed by atoms with Gasteiger partial charge >= 0.3 is 16.5 Å². The molecule has 0 spiro atoms. The quantitative estimate of drug-likeness (QED) is 0.173. The minimum Gasteiger partial charge on any atom is -0.857 e. The van der Waals surface area contributed by atoms with Gasteiger partial charge in [0.2, 0.25) is 0 Å². The van der Waals surface area contributed by atoms with E-state index in [4.69, 9.17) is 8.83 Å². The maximum atomic E-state index is 11.5. The zero-order valence-corrected chi connectivity index (χ0v) is 18.9. The fraction of sp³-hybridized carbons (Fsp3) is 0. The van der Waals surface area contributed by atoms with Crippen molar-refractivity contribution in [1.29, 1.82) is 0 Å². The van der Waals surface area contributed by atoms with Crippen LogP contribution in [0.15, 0.2) is 115 Å². The Hall–Kier alpha value is -4.63. The number of furan rings is 2. The maximum absolute atomic E-state index is 11.5. The van der Waals surface area contributed by atoms with Crippen LogP contribution in [0.2, 0.25) is 0 Å². The summed E-state index contributed by atoms with van der Waals surface area (Å²) in [5, 5.41) is 55.9. The predicted molar refractivity (Wildman–Crippen MR) is 122 cm³/mol. The van der Waals surface area contributed by atoms with Crippen LogP contribution in [-0.2, 0) is 16.5 Å². The standard InChI is InChI=1S/2C12H10N2O3.Ni/c2*15-11-6-2-1-5-10(11)12(16)14-13-8-9-4-3-7-17-9;/h2*1-8,15H,(H,14,16);/q;;+2/p-2/b2*13-8-;. The molecule has 0 amide bonds. The third-order valence-electron chi connectivity index (χ3n) is 4.02. The van der Waals surface area contributed by atoms with Crippen LogP contribution in [0, 0.1) is 0 Å². The number of para-hydroxylation sites is 2. The number of phenolic OH excluding ortho intramolecular Hbond substituents is 2. The molecule has 0 bridgehead atoms. The van der Waals surface area contributed by atoms with Crippen LogP contribution in [0.3, 0.4) is 0 Å². The summed E-state index contributed by atoms with van der Waals surface area (Å²) in [7, 11) is 0. The van der Waals surface area contributed by atoms with Gasteiger partial charge in [-0.15, -0.1) is 0 Å². The predicted octanol–water partition coefficient (Wildman–Crippen LogP) is 2.25. The van der Waals surface area contributed by atoms with Crippen LogP contribution in [0.4, 0.5) is 0 Å². The molecule has 35 heavy (non-hydrogen) atoms. The minimum atomic E-state index is -0.606. The van der Waals surface area contributed by atoms with Crippen molar-refractivity contribution in [3.8, 4) is 11.5 Å². The molecule has 2 heterocycles. The zero-order valence-electron chi connectivity index (χ0n) is 17.9. The van der Waals surface area contributed by atoms with Crippen LogP contribution >= 0.6 is 0 Å². The van der Waals surface area contributed by atoms with Gasteiger partial charge in [-0.05, 0) is 36.4 Å². The Kier molecular flexibility index (Phi) is 10.5. The van der Waals surface area contributed by atoms with Crippen molar-refractivity contribution in [1.82, 2.24) is 0 Å². The normalized spacial score (nSPS) is 11.8. The van der Waals surface area contributed by atoms with Gasteiger partial charge in [0.05, 0.1) is 25.0 Å². The Balaban J connectivity index is 0.000000240. The fourth-order valence-corrected chi connectivity index (χ4v) is 2.42. The van der Waals surface area contributed by atoms with E-state index in [1.807, 2.05) is 0 Å². The van der Waals surface area contributed by atoms with Crippen molar-refractivity contribution in [3.05, 3.63) is 108 Å². The van der Waals surface area contributed by atoms with Crippen LogP contribution in [-0.4, -0.2) is 34.4 Å². The molecule has 0 atom stereocenters. The Morgan fingerprint density at radius 2 is 1.03 bits per heavy atom. The first-order chi connectivity index (χ1) is 16.5. The van der Waals surface area contributed by atoms with Gasteiger partial charge in [-0.3, -0.25) is 0 Å². The third kappa shape index (κ3) is 8.34. The molecule has 2 N–H and O–H groups in total. The largest absolute Gasteiger partial charge is 2.00 e. The number of hydrogen-bond donors (Lipinski definition) is 2. The summed E-state index contributed by atoms with van der Waals surface area (Å²) in [6, 6.07) is 19.1. The molecular formula is C24H18N4NiO6. The summed E-state index contributed by atoms with van der Waals surface area (Å²) in [6.45, 7) is 0. The van der Waals surface area contributed by atoms with Gasteiger partial charge in [0, 0.05) is 22.9 Å². The van der Waals surface area contributed by atoms with Crippen LogP contribution in [0.1, 0.15) is 22.6 Å². The molecule has 10 nitrogen and oxygen atoms in total. The molecule has 0 aliphatic rings. The van der Waals surface area contributed by atoms with Crippen molar-refractivity contribution in [3.63, 3.8) is 0 Å². The van der Waals surface area contributed by atoms with E-state index < -0.39 is 11.8 Å². The second-order valence-corrected chi connectivity index (χ2v) is 6.36. The summed E-state index contributed by atoms with van der Waals surface area (Å²) in [5.74, 6) is -0.446. The number of aromatic hydroxyl groups is 2. The first-order valence-electron chi connectivity index (χ1n) is 9.74. The van der Waals surface area contributed by atoms with Crippen molar-refractivity contribution < 1.29 is 45.8 Å². The van der Waals surface area contributed by atoms with E-state index in [1.165, 1.54) is 49.2 Å². The number of benzene rings is 2. The molecule has 0 unspecified atom stereocenters. The number of rotatable bonds is 6. The van der Waals surface area contributed by atoms with Crippen molar-refractivity contribution in [2.24, 2.45) is 20.4 Å². The summed E-state index contributed by atoms with van der Waals surface area (Å²) >= 11 is 0. The average Bonchev–Trinajstić information content (AvgIpc) is 3.55. The summed E-state index contributed by atoms with van der Waals surface area (Å²) < 4.78 is 9.95. The van der Waals surface area contributed by atoms with Crippen LogP contribution < -0.4 is 10.2 Å². The fourth-order valence-electron chi connectivity index (χ4n) is 2.42. The van der Waals surface area contributed by atoms with Gasteiger partial charge in [0.15, 0.2) is 0 Å². The van der Waals surface area contributed by atoms with E-state index >= 15 is 0 Å². The van der Waals surface area contributed by atoms with E-state index in [1.54, 1.807) is 48.5 Å². The summed E-state index contributed by atoms with van der Waals surface area (Å²) in [5.41, 5.74) is 0.230. The number of hydrogen-bond acceptors (Lipinski definition) is 10. The molecule has 11 heteroatoms. The van der Waals surface area contributed by atoms with E-state index in [2.05, 4.69) is 20.4 Å². The second kappa shape index (κ2) is 13.8. The Morgan fingerprint density at radius 3 is 1.37 bits per heavy atom. The minimum absolute atomic E-state index is 0. The average molecular weight is 517 g/mol. The van der Waals surface area contributed by atoms with Gasteiger partial charge in [-0.1, -0.05) is 36.4 Å². The summed E-state index contributed by atoms with van der Waals surface area (Å²) in [4.78, 5) is 0. The first kappa shape index (κ1) is 26.6. The molecule has 0 aliphatic carbocycles. The van der Waals surface area contributed by atoms with E-state index in [0.717, 1.165) is 0 Å². The van der Waals surface area contributed by atoms with E-state index in [0.29, 0.717) is 11.5 Å².